The average molecular weight is 196 g/mol. The van der Waals surface area contributed by atoms with Gasteiger partial charge in [-0.2, -0.15) is 0 Å². The van der Waals surface area contributed by atoms with Crippen molar-refractivity contribution < 1.29 is 9.47 Å². The van der Waals surface area contributed by atoms with Crippen LogP contribution in [0.1, 0.15) is 16.0 Å². The van der Waals surface area contributed by atoms with Crippen LogP contribution in [-0.4, -0.2) is 13.2 Å². The van der Waals surface area contributed by atoms with Crippen LogP contribution in [0.4, 0.5) is 0 Å². The largest absolute Gasteiger partial charge is 0.345 e. The molecule has 2 heterocycles. The fraction of sp³-hybridized carbons (Fsp3) is 0.400. The highest BCUT2D eigenvalue weighted by Crippen LogP contribution is 2.29. The first-order chi connectivity index (χ1) is 6.40. The highest BCUT2D eigenvalue weighted by molar-refractivity contribution is 7.12. The summed E-state index contributed by atoms with van der Waals surface area (Å²) in [6.45, 7) is 5.12. The Bertz CT molecular complexity index is 287. The Balaban J connectivity index is 2.07. The van der Waals surface area contributed by atoms with Gasteiger partial charge >= 0.3 is 0 Å². The monoisotopic (exact) mass is 196 g/mol. The number of ether oxygens (including phenoxy) is 2. The minimum Gasteiger partial charge on any atom is -0.345 e. The summed E-state index contributed by atoms with van der Waals surface area (Å²) in [4.78, 5) is 2.47. The van der Waals surface area contributed by atoms with Crippen molar-refractivity contribution in [1.82, 2.24) is 0 Å². The lowest BCUT2D eigenvalue weighted by molar-refractivity contribution is -0.0413. The summed E-state index contributed by atoms with van der Waals surface area (Å²) < 4.78 is 10.8. The maximum Gasteiger partial charge on any atom is 0.193 e. The zero-order valence-corrected chi connectivity index (χ0v) is 8.18. The molecule has 0 N–H and O–H groups in total. The maximum absolute atomic E-state index is 5.39. The molecule has 70 valence electrons. The van der Waals surface area contributed by atoms with Crippen molar-refractivity contribution >= 4 is 11.3 Å². The Labute approximate surface area is 81.8 Å². The normalized spacial score (nSPS) is 17.8. The maximum atomic E-state index is 5.39. The topological polar surface area (TPSA) is 18.5 Å². The van der Waals surface area contributed by atoms with Gasteiger partial charge < -0.3 is 9.47 Å². The van der Waals surface area contributed by atoms with Gasteiger partial charge in [0.15, 0.2) is 6.29 Å². The molecule has 1 aliphatic heterocycles. The van der Waals surface area contributed by atoms with Crippen LogP contribution in [0.5, 0.6) is 0 Å². The Morgan fingerprint density at radius 3 is 2.92 bits per heavy atom. The lowest BCUT2D eigenvalue weighted by atomic mass is 10.3. The van der Waals surface area contributed by atoms with E-state index in [9.17, 15) is 0 Å². The molecule has 0 unspecified atom stereocenters. The molecule has 1 saturated heterocycles. The first kappa shape index (κ1) is 8.94. The van der Waals surface area contributed by atoms with Crippen molar-refractivity contribution in [2.75, 3.05) is 13.2 Å². The van der Waals surface area contributed by atoms with Gasteiger partial charge in [-0.3, -0.25) is 0 Å². The van der Waals surface area contributed by atoms with Crippen molar-refractivity contribution in [3.05, 3.63) is 34.5 Å². The fourth-order valence-corrected chi connectivity index (χ4v) is 2.30. The summed E-state index contributed by atoms with van der Waals surface area (Å²) in [6, 6.07) is 4.17. The van der Waals surface area contributed by atoms with E-state index in [0.29, 0.717) is 13.2 Å². The quantitative estimate of drug-likeness (QED) is 0.692. The highest BCUT2D eigenvalue weighted by atomic mass is 32.1. The molecule has 2 nitrogen and oxygen atoms in total. The van der Waals surface area contributed by atoms with E-state index in [1.807, 2.05) is 6.08 Å². The van der Waals surface area contributed by atoms with Gasteiger partial charge in [0.05, 0.1) is 18.1 Å². The van der Waals surface area contributed by atoms with Gasteiger partial charge in [-0.05, 0) is 18.6 Å². The van der Waals surface area contributed by atoms with E-state index in [1.54, 1.807) is 11.3 Å². The Kier molecular flexibility index (Phi) is 2.78. The van der Waals surface area contributed by atoms with Gasteiger partial charge in [-0.15, -0.1) is 17.9 Å². The van der Waals surface area contributed by atoms with Crippen molar-refractivity contribution in [1.29, 1.82) is 0 Å². The van der Waals surface area contributed by atoms with Crippen LogP contribution in [-0.2, 0) is 15.9 Å². The second kappa shape index (κ2) is 4.05. The second-order valence-corrected chi connectivity index (χ2v) is 4.07. The summed E-state index contributed by atoms with van der Waals surface area (Å²) in [5.41, 5.74) is 0. The van der Waals surface area contributed by atoms with Gasteiger partial charge in [0.2, 0.25) is 0 Å². The SMILES string of the molecule is C=CCc1ccc(C2OCCO2)s1. The number of allylic oxidation sites excluding steroid dienone is 1. The minimum absolute atomic E-state index is 0.122. The standard InChI is InChI=1S/C10H12O2S/c1-2-3-8-4-5-9(13-8)10-11-6-7-12-10/h2,4-5,10H,1,3,6-7H2. The van der Waals surface area contributed by atoms with Crippen LogP contribution in [0, 0.1) is 0 Å². The van der Waals surface area contributed by atoms with Crippen LogP contribution in [0.25, 0.3) is 0 Å². The molecule has 0 aliphatic carbocycles. The zero-order chi connectivity index (χ0) is 9.10. The third-order valence-corrected chi connectivity index (χ3v) is 3.01. The average Bonchev–Trinajstić information content (AvgIpc) is 2.70. The molecule has 0 bridgehead atoms. The van der Waals surface area contributed by atoms with Crippen LogP contribution in [0.15, 0.2) is 24.8 Å². The van der Waals surface area contributed by atoms with Gasteiger partial charge in [0.1, 0.15) is 0 Å². The smallest absolute Gasteiger partial charge is 0.193 e. The molecule has 2 rings (SSSR count). The third kappa shape index (κ3) is 1.99. The summed E-state index contributed by atoms with van der Waals surface area (Å²) in [7, 11) is 0. The highest BCUT2D eigenvalue weighted by Gasteiger charge is 2.19. The first-order valence-corrected chi connectivity index (χ1v) is 5.14. The minimum atomic E-state index is -0.122. The lowest BCUT2D eigenvalue weighted by Crippen LogP contribution is -1.93. The third-order valence-electron chi connectivity index (χ3n) is 1.88. The fourth-order valence-electron chi connectivity index (χ4n) is 1.30. The molecule has 0 radical (unpaired) electrons. The second-order valence-electron chi connectivity index (χ2n) is 2.87. The molecule has 13 heavy (non-hydrogen) atoms. The Hall–Kier alpha value is -0.640. The van der Waals surface area contributed by atoms with E-state index in [4.69, 9.17) is 9.47 Å². The molecule has 0 spiro atoms. The molecule has 1 aliphatic rings. The number of hydrogen-bond donors (Lipinski definition) is 0. The van der Waals surface area contributed by atoms with Gasteiger partial charge in [0, 0.05) is 4.88 Å². The molecule has 1 aromatic heterocycles. The molecular formula is C10H12O2S. The number of thiophene rings is 1. The molecule has 1 fully saturated rings. The summed E-state index contributed by atoms with van der Waals surface area (Å²) >= 11 is 1.73. The summed E-state index contributed by atoms with van der Waals surface area (Å²) in [5.74, 6) is 0. The number of rotatable bonds is 3. The predicted octanol–water partition coefficient (Wildman–Crippen LogP) is 2.52. The van der Waals surface area contributed by atoms with Crippen LogP contribution >= 0.6 is 11.3 Å². The van der Waals surface area contributed by atoms with Crippen LogP contribution in [0.2, 0.25) is 0 Å². The molecule has 0 aromatic carbocycles. The first-order valence-electron chi connectivity index (χ1n) is 4.33. The van der Waals surface area contributed by atoms with Crippen molar-refractivity contribution in [3.8, 4) is 0 Å². The van der Waals surface area contributed by atoms with Crippen molar-refractivity contribution in [2.24, 2.45) is 0 Å². The predicted molar refractivity (Wildman–Crippen MR) is 52.9 cm³/mol. The van der Waals surface area contributed by atoms with Crippen LogP contribution < -0.4 is 0 Å². The van der Waals surface area contributed by atoms with Gasteiger partial charge in [-0.25, -0.2) is 0 Å². The van der Waals surface area contributed by atoms with Crippen molar-refractivity contribution in [3.63, 3.8) is 0 Å². The van der Waals surface area contributed by atoms with Gasteiger partial charge in [0.25, 0.3) is 0 Å². The summed E-state index contributed by atoms with van der Waals surface area (Å²) in [5, 5.41) is 0. The van der Waals surface area contributed by atoms with E-state index in [0.717, 1.165) is 11.3 Å². The number of hydrogen-bond acceptors (Lipinski definition) is 3. The molecule has 0 atom stereocenters. The summed E-state index contributed by atoms with van der Waals surface area (Å²) in [6.07, 6.45) is 2.71. The van der Waals surface area contributed by atoms with Crippen LogP contribution in [0.3, 0.4) is 0 Å². The van der Waals surface area contributed by atoms with Gasteiger partial charge in [-0.1, -0.05) is 6.08 Å². The molecule has 1 aromatic rings. The van der Waals surface area contributed by atoms with E-state index in [2.05, 4.69) is 18.7 Å². The van der Waals surface area contributed by atoms with E-state index >= 15 is 0 Å². The van der Waals surface area contributed by atoms with Crippen molar-refractivity contribution in [2.45, 2.75) is 12.7 Å². The molecule has 0 saturated carbocycles. The lowest BCUT2D eigenvalue weighted by Gasteiger charge is -2.04. The van der Waals surface area contributed by atoms with E-state index in [1.165, 1.54) is 4.88 Å². The molecule has 3 heteroatoms. The molecular weight excluding hydrogens is 184 g/mol. The van der Waals surface area contributed by atoms with E-state index < -0.39 is 0 Å². The van der Waals surface area contributed by atoms with E-state index in [-0.39, 0.29) is 6.29 Å². The Morgan fingerprint density at radius 2 is 2.23 bits per heavy atom. The zero-order valence-electron chi connectivity index (χ0n) is 7.36. The Morgan fingerprint density at radius 1 is 1.46 bits per heavy atom. The molecule has 0 amide bonds.